The van der Waals surface area contributed by atoms with Crippen molar-refractivity contribution in [2.24, 2.45) is 0 Å². The molecule has 0 aliphatic rings. The van der Waals surface area contributed by atoms with Gasteiger partial charge < -0.3 is 10.2 Å². The standard InChI is InChI=1S/C8H8O2.C8H10O/c9-8(10)6-7-4-2-1-3-5-7;1-6-3-4-8(9)5-7(6)2/h1-5H,6H2,(H,9,10);3-5,9H,1-2H3. The Morgan fingerprint density at radius 3 is 2.11 bits per heavy atom. The topological polar surface area (TPSA) is 57.5 Å². The number of benzene rings is 2. The molecule has 2 N–H and O–H groups in total. The number of aliphatic carboxylic acids is 1. The zero-order valence-electron chi connectivity index (χ0n) is 11.1. The van der Waals surface area contributed by atoms with Crippen LogP contribution in [-0.2, 0) is 11.2 Å². The summed E-state index contributed by atoms with van der Waals surface area (Å²) in [5.74, 6) is -0.440. The van der Waals surface area contributed by atoms with Gasteiger partial charge in [0.1, 0.15) is 5.75 Å². The molecule has 0 radical (unpaired) electrons. The summed E-state index contributed by atoms with van der Waals surface area (Å²) in [5, 5.41) is 17.3. The highest BCUT2D eigenvalue weighted by molar-refractivity contribution is 5.70. The van der Waals surface area contributed by atoms with Crippen molar-refractivity contribution < 1.29 is 15.0 Å². The lowest BCUT2D eigenvalue weighted by Crippen LogP contribution is -1.98. The lowest BCUT2D eigenvalue weighted by Gasteiger charge is -1.97. The van der Waals surface area contributed by atoms with Gasteiger partial charge in [0.25, 0.3) is 0 Å². The molecule has 0 saturated carbocycles. The van der Waals surface area contributed by atoms with E-state index in [0.717, 1.165) is 11.1 Å². The van der Waals surface area contributed by atoms with Gasteiger partial charge in [-0.2, -0.15) is 0 Å². The van der Waals surface area contributed by atoms with Crippen molar-refractivity contribution >= 4 is 5.97 Å². The molecule has 3 nitrogen and oxygen atoms in total. The molecule has 0 heterocycles. The lowest BCUT2D eigenvalue weighted by atomic mass is 10.1. The summed E-state index contributed by atoms with van der Waals surface area (Å²) in [4.78, 5) is 10.2. The second-order valence-electron chi connectivity index (χ2n) is 4.32. The van der Waals surface area contributed by atoms with E-state index in [1.54, 1.807) is 24.3 Å². The van der Waals surface area contributed by atoms with Crippen molar-refractivity contribution in [3.8, 4) is 5.75 Å². The van der Waals surface area contributed by atoms with Gasteiger partial charge in [-0.3, -0.25) is 4.79 Å². The summed E-state index contributed by atoms with van der Waals surface area (Å²) in [6.45, 7) is 4.00. The Morgan fingerprint density at radius 2 is 1.63 bits per heavy atom. The van der Waals surface area contributed by atoms with E-state index >= 15 is 0 Å². The minimum atomic E-state index is -0.786. The van der Waals surface area contributed by atoms with Crippen LogP contribution in [-0.4, -0.2) is 16.2 Å². The van der Waals surface area contributed by atoms with E-state index in [9.17, 15) is 4.79 Å². The molecular weight excluding hydrogens is 240 g/mol. The third kappa shape index (κ3) is 5.73. The molecule has 3 heteroatoms. The summed E-state index contributed by atoms with van der Waals surface area (Å²) in [6.07, 6.45) is 0.112. The van der Waals surface area contributed by atoms with Crippen LogP contribution in [0.2, 0.25) is 0 Å². The van der Waals surface area contributed by atoms with Crippen molar-refractivity contribution in [2.45, 2.75) is 20.3 Å². The molecule has 2 rings (SSSR count). The Morgan fingerprint density at radius 1 is 1.00 bits per heavy atom. The fourth-order valence-corrected chi connectivity index (χ4v) is 1.50. The van der Waals surface area contributed by atoms with Crippen LogP contribution < -0.4 is 0 Å². The predicted molar refractivity (Wildman–Crippen MR) is 75.4 cm³/mol. The number of carbonyl (C=O) groups is 1. The number of phenolic OH excluding ortho intramolecular Hbond substituents is 1. The van der Waals surface area contributed by atoms with Gasteiger partial charge in [0.2, 0.25) is 0 Å². The highest BCUT2D eigenvalue weighted by Gasteiger charge is 1.96. The number of phenols is 1. The van der Waals surface area contributed by atoms with E-state index in [2.05, 4.69) is 0 Å². The van der Waals surface area contributed by atoms with E-state index in [1.165, 1.54) is 5.56 Å². The van der Waals surface area contributed by atoms with Gasteiger partial charge >= 0.3 is 5.97 Å². The summed E-state index contributed by atoms with van der Waals surface area (Å²) >= 11 is 0. The van der Waals surface area contributed by atoms with E-state index < -0.39 is 5.97 Å². The number of carboxylic acid groups (broad SMARTS) is 1. The number of rotatable bonds is 2. The largest absolute Gasteiger partial charge is 0.508 e. The molecule has 2 aromatic rings. The van der Waals surface area contributed by atoms with Crippen LogP contribution in [0.25, 0.3) is 0 Å². The molecule has 0 spiro atoms. The van der Waals surface area contributed by atoms with Gasteiger partial charge in [-0.05, 0) is 42.7 Å². The maximum atomic E-state index is 10.2. The Hall–Kier alpha value is -2.29. The number of aryl methyl sites for hydroxylation is 2. The van der Waals surface area contributed by atoms with Crippen molar-refractivity contribution in [3.63, 3.8) is 0 Å². The molecule has 0 aromatic heterocycles. The zero-order valence-corrected chi connectivity index (χ0v) is 11.1. The third-order valence-electron chi connectivity index (χ3n) is 2.69. The lowest BCUT2D eigenvalue weighted by molar-refractivity contribution is -0.136. The van der Waals surface area contributed by atoms with Crippen molar-refractivity contribution in [1.29, 1.82) is 0 Å². The van der Waals surface area contributed by atoms with Crippen LogP contribution in [0.5, 0.6) is 5.75 Å². The first-order valence-electron chi connectivity index (χ1n) is 6.01. The average Bonchev–Trinajstić information content (AvgIpc) is 2.35. The van der Waals surface area contributed by atoms with E-state index in [-0.39, 0.29) is 6.42 Å². The molecular formula is C16H18O3. The van der Waals surface area contributed by atoms with E-state index in [1.807, 2.05) is 38.1 Å². The number of hydrogen-bond donors (Lipinski definition) is 2. The SMILES string of the molecule is Cc1ccc(O)cc1C.O=C(O)Cc1ccccc1. The predicted octanol–water partition coefficient (Wildman–Crippen LogP) is 3.32. The Labute approximate surface area is 113 Å². The molecule has 100 valence electrons. The molecule has 0 amide bonds. The van der Waals surface area contributed by atoms with Crippen LogP contribution in [0.3, 0.4) is 0 Å². The van der Waals surface area contributed by atoms with Crippen LogP contribution in [0.15, 0.2) is 48.5 Å². The van der Waals surface area contributed by atoms with Crippen LogP contribution in [0.1, 0.15) is 16.7 Å². The molecule has 19 heavy (non-hydrogen) atoms. The minimum absolute atomic E-state index is 0.112. The molecule has 0 unspecified atom stereocenters. The fraction of sp³-hybridized carbons (Fsp3) is 0.188. The zero-order chi connectivity index (χ0) is 14.3. The first-order chi connectivity index (χ1) is 8.99. The highest BCUT2D eigenvalue weighted by atomic mass is 16.4. The minimum Gasteiger partial charge on any atom is -0.508 e. The summed E-state index contributed by atoms with van der Waals surface area (Å²) in [6, 6.07) is 14.5. The molecule has 2 aromatic carbocycles. The Kier molecular flexibility index (Phi) is 5.61. The molecule has 0 atom stereocenters. The average molecular weight is 258 g/mol. The van der Waals surface area contributed by atoms with Crippen molar-refractivity contribution in [1.82, 2.24) is 0 Å². The smallest absolute Gasteiger partial charge is 0.307 e. The maximum absolute atomic E-state index is 10.2. The number of hydrogen-bond acceptors (Lipinski definition) is 2. The first kappa shape index (κ1) is 14.8. The van der Waals surface area contributed by atoms with Crippen molar-refractivity contribution in [3.05, 3.63) is 65.2 Å². The van der Waals surface area contributed by atoms with Crippen LogP contribution >= 0.6 is 0 Å². The normalized spacial score (nSPS) is 9.37. The summed E-state index contributed by atoms with van der Waals surface area (Å²) in [5.41, 5.74) is 3.19. The van der Waals surface area contributed by atoms with Crippen LogP contribution in [0, 0.1) is 13.8 Å². The molecule has 0 saturated heterocycles. The van der Waals surface area contributed by atoms with E-state index in [0.29, 0.717) is 5.75 Å². The van der Waals surface area contributed by atoms with Crippen LogP contribution in [0.4, 0.5) is 0 Å². The Balaban J connectivity index is 0.000000191. The summed E-state index contributed by atoms with van der Waals surface area (Å²) < 4.78 is 0. The number of aromatic hydroxyl groups is 1. The quantitative estimate of drug-likeness (QED) is 0.868. The van der Waals surface area contributed by atoms with Gasteiger partial charge in [-0.25, -0.2) is 0 Å². The van der Waals surface area contributed by atoms with Gasteiger partial charge in [0.05, 0.1) is 6.42 Å². The van der Waals surface area contributed by atoms with Gasteiger partial charge in [0.15, 0.2) is 0 Å². The molecule has 0 fully saturated rings. The maximum Gasteiger partial charge on any atom is 0.307 e. The summed E-state index contributed by atoms with van der Waals surface area (Å²) in [7, 11) is 0. The molecule has 0 bridgehead atoms. The van der Waals surface area contributed by atoms with Gasteiger partial charge in [0, 0.05) is 0 Å². The molecule has 0 aliphatic carbocycles. The second-order valence-corrected chi connectivity index (χ2v) is 4.32. The van der Waals surface area contributed by atoms with Gasteiger partial charge in [-0.1, -0.05) is 36.4 Å². The molecule has 0 aliphatic heterocycles. The fourth-order valence-electron chi connectivity index (χ4n) is 1.50. The first-order valence-corrected chi connectivity index (χ1v) is 6.01. The third-order valence-corrected chi connectivity index (χ3v) is 2.69. The van der Waals surface area contributed by atoms with Gasteiger partial charge in [-0.15, -0.1) is 0 Å². The number of carboxylic acids is 1. The Bertz CT molecular complexity index is 533. The second kappa shape index (κ2) is 7.21. The highest BCUT2D eigenvalue weighted by Crippen LogP contribution is 2.13. The monoisotopic (exact) mass is 258 g/mol. The van der Waals surface area contributed by atoms with Crippen molar-refractivity contribution in [2.75, 3.05) is 0 Å². The van der Waals surface area contributed by atoms with E-state index in [4.69, 9.17) is 10.2 Å².